The average molecular weight is 419 g/mol. The van der Waals surface area contributed by atoms with Gasteiger partial charge >= 0.3 is 0 Å². The Kier molecular flexibility index (Phi) is 9.32. The van der Waals surface area contributed by atoms with Crippen molar-refractivity contribution < 1.29 is 18.9 Å². The lowest BCUT2D eigenvalue weighted by atomic mass is 9.93. The van der Waals surface area contributed by atoms with E-state index in [1.807, 2.05) is 0 Å². The second-order valence-electron chi connectivity index (χ2n) is 9.00. The van der Waals surface area contributed by atoms with Gasteiger partial charge in [-0.25, -0.2) is 0 Å². The lowest BCUT2D eigenvalue weighted by Crippen LogP contribution is -2.27. The molecule has 0 radical (unpaired) electrons. The molecule has 2 atom stereocenters. The van der Waals surface area contributed by atoms with Crippen LogP contribution in [0.4, 0.5) is 0 Å². The fourth-order valence-electron chi connectivity index (χ4n) is 4.57. The molecule has 2 unspecified atom stereocenters. The Morgan fingerprint density at radius 1 is 0.700 bits per heavy atom. The fraction of sp³-hybridized carbons (Fsp3) is 0.769. The monoisotopic (exact) mass is 418 g/mol. The molecule has 2 heterocycles. The molecule has 2 saturated heterocycles. The standard InChI is InChI=1S/C26H42O4/c1-5-6-7-8-9-14-22-21(4)25(29-23-15-10-12-17-27-23)19(2)20(3)26(22)30-24-16-11-13-18-28-24/h23-24H,5-18H2,1-4H3. The van der Waals surface area contributed by atoms with E-state index >= 15 is 0 Å². The van der Waals surface area contributed by atoms with E-state index in [1.54, 1.807) is 0 Å². The van der Waals surface area contributed by atoms with Crippen molar-refractivity contribution in [2.45, 2.75) is 117 Å². The van der Waals surface area contributed by atoms with Crippen molar-refractivity contribution in [2.75, 3.05) is 13.2 Å². The van der Waals surface area contributed by atoms with E-state index in [1.165, 1.54) is 67.2 Å². The number of benzene rings is 1. The van der Waals surface area contributed by atoms with E-state index in [2.05, 4.69) is 27.7 Å². The van der Waals surface area contributed by atoms with E-state index in [0.717, 1.165) is 56.8 Å². The van der Waals surface area contributed by atoms with E-state index in [9.17, 15) is 0 Å². The first kappa shape index (κ1) is 23.4. The molecular formula is C26H42O4. The van der Waals surface area contributed by atoms with Gasteiger partial charge in [0.05, 0.1) is 13.2 Å². The van der Waals surface area contributed by atoms with Gasteiger partial charge in [0.2, 0.25) is 0 Å². The summed E-state index contributed by atoms with van der Waals surface area (Å²) in [6.45, 7) is 10.4. The third-order valence-corrected chi connectivity index (χ3v) is 6.62. The Morgan fingerprint density at radius 2 is 1.27 bits per heavy atom. The van der Waals surface area contributed by atoms with Crippen molar-refractivity contribution in [3.05, 3.63) is 22.3 Å². The molecule has 3 rings (SSSR count). The predicted octanol–water partition coefficient (Wildman–Crippen LogP) is 6.94. The third-order valence-electron chi connectivity index (χ3n) is 6.62. The average Bonchev–Trinajstić information content (AvgIpc) is 2.78. The first-order valence-corrected chi connectivity index (χ1v) is 12.3. The van der Waals surface area contributed by atoms with Gasteiger partial charge in [-0.05, 0) is 76.0 Å². The largest absolute Gasteiger partial charge is 0.464 e. The van der Waals surface area contributed by atoms with Crippen molar-refractivity contribution in [3.63, 3.8) is 0 Å². The molecule has 0 aromatic heterocycles. The molecule has 2 aliphatic heterocycles. The van der Waals surface area contributed by atoms with E-state index in [-0.39, 0.29) is 12.6 Å². The molecule has 4 heteroatoms. The first-order valence-electron chi connectivity index (χ1n) is 12.3. The molecule has 2 fully saturated rings. The van der Waals surface area contributed by atoms with E-state index in [0.29, 0.717) is 0 Å². The highest BCUT2D eigenvalue weighted by molar-refractivity contribution is 5.58. The molecule has 30 heavy (non-hydrogen) atoms. The first-order chi connectivity index (χ1) is 14.6. The van der Waals surface area contributed by atoms with E-state index in [4.69, 9.17) is 18.9 Å². The zero-order valence-corrected chi connectivity index (χ0v) is 19.7. The summed E-state index contributed by atoms with van der Waals surface area (Å²) in [5.41, 5.74) is 4.87. The molecule has 1 aromatic rings. The summed E-state index contributed by atoms with van der Waals surface area (Å²) in [7, 11) is 0. The van der Waals surface area contributed by atoms with Gasteiger partial charge in [0.25, 0.3) is 0 Å². The van der Waals surface area contributed by atoms with Crippen LogP contribution >= 0.6 is 0 Å². The van der Waals surface area contributed by atoms with E-state index < -0.39 is 0 Å². The molecule has 2 aliphatic rings. The SMILES string of the molecule is CCCCCCCc1c(C)c(OC2CCCCO2)c(C)c(C)c1OC1CCCCO1. The summed E-state index contributed by atoms with van der Waals surface area (Å²) in [5.74, 6) is 2.03. The molecule has 0 amide bonds. The van der Waals surface area contributed by atoms with Crippen LogP contribution in [0.3, 0.4) is 0 Å². The van der Waals surface area contributed by atoms with Gasteiger partial charge < -0.3 is 18.9 Å². The molecule has 0 N–H and O–H groups in total. The van der Waals surface area contributed by atoms with Crippen LogP contribution in [-0.4, -0.2) is 25.8 Å². The van der Waals surface area contributed by atoms with Gasteiger partial charge in [-0.2, -0.15) is 0 Å². The maximum absolute atomic E-state index is 6.49. The van der Waals surface area contributed by atoms with Gasteiger partial charge in [0.15, 0.2) is 12.6 Å². The molecule has 170 valence electrons. The second kappa shape index (κ2) is 12.0. The minimum absolute atomic E-state index is 0.122. The number of hydrogen-bond acceptors (Lipinski definition) is 4. The fourth-order valence-corrected chi connectivity index (χ4v) is 4.57. The van der Waals surface area contributed by atoms with Crippen LogP contribution in [0.2, 0.25) is 0 Å². The maximum Gasteiger partial charge on any atom is 0.199 e. The topological polar surface area (TPSA) is 36.9 Å². The van der Waals surface area contributed by atoms with Crippen molar-refractivity contribution in [1.29, 1.82) is 0 Å². The summed E-state index contributed by atoms with van der Waals surface area (Å²) < 4.78 is 24.7. The minimum atomic E-state index is -0.124. The Morgan fingerprint density at radius 3 is 1.83 bits per heavy atom. The normalized spacial score (nSPS) is 22.1. The lowest BCUT2D eigenvalue weighted by Gasteiger charge is -2.30. The minimum Gasteiger partial charge on any atom is -0.464 e. The number of unbranched alkanes of at least 4 members (excludes halogenated alkanes) is 4. The maximum atomic E-state index is 6.49. The zero-order valence-electron chi connectivity index (χ0n) is 19.7. The van der Waals surface area contributed by atoms with Crippen LogP contribution in [0.1, 0.15) is 99.8 Å². The van der Waals surface area contributed by atoms with Crippen molar-refractivity contribution in [2.24, 2.45) is 0 Å². The van der Waals surface area contributed by atoms with Gasteiger partial charge in [-0.1, -0.05) is 32.6 Å². The van der Waals surface area contributed by atoms with Crippen LogP contribution in [0.25, 0.3) is 0 Å². The molecule has 4 nitrogen and oxygen atoms in total. The Hall–Kier alpha value is -1.26. The van der Waals surface area contributed by atoms with Gasteiger partial charge in [0.1, 0.15) is 11.5 Å². The predicted molar refractivity (Wildman–Crippen MR) is 122 cm³/mol. The summed E-state index contributed by atoms with van der Waals surface area (Å²) >= 11 is 0. The van der Waals surface area contributed by atoms with Crippen LogP contribution in [-0.2, 0) is 15.9 Å². The molecule has 0 bridgehead atoms. The Balaban J connectivity index is 1.84. The smallest absolute Gasteiger partial charge is 0.199 e. The summed E-state index contributed by atoms with van der Waals surface area (Å²) in [4.78, 5) is 0. The number of ether oxygens (including phenoxy) is 4. The molecule has 0 saturated carbocycles. The van der Waals surface area contributed by atoms with Crippen LogP contribution in [0.5, 0.6) is 11.5 Å². The zero-order chi connectivity index (χ0) is 21.3. The molecule has 0 spiro atoms. The van der Waals surface area contributed by atoms with Crippen molar-refractivity contribution in [3.8, 4) is 11.5 Å². The highest BCUT2D eigenvalue weighted by Crippen LogP contribution is 2.40. The summed E-state index contributed by atoms with van der Waals surface area (Å²) in [6, 6.07) is 0. The number of hydrogen-bond donors (Lipinski definition) is 0. The molecule has 0 aliphatic carbocycles. The Bertz CT molecular complexity index is 658. The van der Waals surface area contributed by atoms with Crippen LogP contribution in [0, 0.1) is 20.8 Å². The van der Waals surface area contributed by atoms with Gasteiger partial charge in [-0.15, -0.1) is 0 Å². The Labute approximate surface area is 183 Å². The van der Waals surface area contributed by atoms with Gasteiger partial charge in [0, 0.05) is 18.4 Å². The highest BCUT2D eigenvalue weighted by atomic mass is 16.7. The third kappa shape index (κ3) is 6.13. The quantitative estimate of drug-likeness (QED) is 0.386. The highest BCUT2D eigenvalue weighted by Gasteiger charge is 2.25. The van der Waals surface area contributed by atoms with Crippen molar-refractivity contribution in [1.82, 2.24) is 0 Å². The second-order valence-corrected chi connectivity index (χ2v) is 9.00. The van der Waals surface area contributed by atoms with Gasteiger partial charge in [-0.3, -0.25) is 0 Å². The van der Waals surface area contributed by atoms with Crippen molar-refractivity contribution >= 4 is 0 Å². The summed E-state index contributed by atoms with van der Waals surface area (Å²) in [5, 5.41) is 0. The number of rotatable bonds is 10. The molecule has 1 aromatic carbocycles. The summed E-state index contributed by atoms with van der Waals surface area (Å²) in [6.07, 6.45) is 13.7. The molecular weight excluding hydrogens is 376 g/mol. The van der Waals surface area contributed by atoms with Crippen LogP contribution < -0.4 is 9.47 Å². The van der Waals surface area contributed by atoms with Crippen LogP contribution in [0.15, 0.2) is 0 Å². The lowest BCUT2D eigenvalue weighted by molar-refractivity contribution is -0.108.